The Balaban J connectivity index is 2.09. The standard InChI is InChI=1S/C13H13N3O3S/c14-7-11(17)16-13(18)12-10(4-1-5-15-12)19-8-9-3-2-6-20-9/h1-6H,7-8,14H2,(H,16,17,18). The smallest absolute Gasteiger partial charge is 0.280 e. The van der Waals surface area contributed by atoms with Gasteiger partial charge in [0, 0.05) is 11.1 Å². The number of thiophene rings is 1. The van der Waals surface area contributed by atoms with E-state index in [4.69, 9.17) is 10.5 Å². The molecule has 0 spiro atoms. The molecule has 7 heteroatoms. The molecule has 0 fully saturated rings. The van der Waals surface area contributed by atoms with Crippen molar-refractivity contribution in [2.24, 2.45) is 5.73 Å². The summed E-state index contributed by atoms with van der Waals surface area (Å²) in [7, 11) is 0. The van der Waals surface area contributed by atoms with Gasteiger partial charge in [-0.15, -0.1) is 11.3 Å². The van der Waals surface area contributed by atoms with Crippen molar-refractivity contribution in [3.63, 3.8) is 0 Å². The number of nitrogens with one attached hydrogen (secondary N) is 1. The zero-order valence-corrected chi connectivity index (χ0v) is 11.4. The van der Waals surface area contributed by atoms with Gasteiger partial charge < -0.3 is 10.5 Å². The van der Waals surface area contributed by atoms with Crippen LogP contribution < -0.4 is 15.8 Å². The predicted molar refractivity (Wildman–Crippen MR) is 74.4 cm³/mol. The number of nitrogens with two attached hydrogens (primary N) is 1. The number of amides is 2. The predicted octanol–water partition coefficient (Wildman–Crippen LogP) is 0.937. The van der Waals surface area contributed by atoms with Crippen LogP contribution in [0.5, 0.6) is 5.75 Å². The lowest BCUT2D eigenvalue weighted by atomic mass is 10.3. The molecular weight excluding hydrogens is 278 g/mol. The molecule has 6 nitrogen and oxygen atoms in total. The van der Waals surface area contributed by atoms with Crippen LogP contribution in [0.25, 0.3) is 0 Å². The average molecular weight is 291 g/mol. The van der Waals surface area contributed by atoms with Gasteiger partial charge in [0.05, 0.1) is 6.54 Å². The Hall–Kier alpha value is -2.25. The molecule has 2 aromatic rings. The average Bonchev–Trinajstić information content (AvgIpc) is 2.98. The molecule has 0 radical (unpaired) electrons. The number of nitrogens with zero attached hydrogens (tertiary/aromatic N) is 1. The van der Waals surface area contributed by atoms with Crippen LogP contribution in [-0.2, 0) is 11.4 Å². The SMILES string of the molecule is NCC(=O)NC(=O)c1ncccc1OCc1cccs1. The Morgan fingerprint density at radius 1 is 1.35 bits per heavy atom. The summed E-state index contributed by atoms with van der Waals surface area (Å²) in [5.74, 6) is -0.865. The van der Waals surface area contributed by atoms with Gasteiger partial charge in [0.2, 0.25) is 5.91 Å². The van der Waals surface area contributed by atoms with Crippen molar-refractivity contribution in [2.45, 2.75) is 6.61 Å². The zero-order valence-electron chi connectivity index (χ0n) is 10.5. The minimum atomic E-state index is -0.623. The molecule has 3 N–H and O–H groups in total. The number of imide groups is 1. The molecule has 2 amide bonds. The quantitative estimate of drug-likeness (QED) is 0.855. The van der Waals surface area contributed by atoms with Gasteiger partial charge in [0.15, 0.2) is 11.4 Å². The van der Waals surface area contributed by atoms with E-state index < -0.39 is 11.8 Å². The van der Waals surface area contributed by atoms with E-state index in [1.54, 1.807) is 23.5 Å². The second-order valence-corrected chi connectivity index (χ2v) is 4.83. The molecule has 2 aromatic heterocycles. The minimum absolute atomic E-state index is 0.0610. The molecular formula is C13H13N3O3S. The molecule has 2 heterocycles. The fraction of sp³-hybridized carbons (Fsp3) is 0.154. The summed E-state index contributed by atoms with van der Waals surface area (Å²) >= 11 is 1.55. The molecule has 20 heavy (non-hydrogen) atoms. The van der Waals surface area contributed by atoms with Gasteiger partial charge in [-0.05, 0) is 23.6 Å². The number of ether oxygens (including phenoxy) is 1. The van der Waals surface area contributed by atoms with E-state index in [9.17, 15) is 9.59 Å². The molecule has 0 aliphatic rings. The fourth-order valence-electron chi connectivity index (χ4n) is 1.46. The number of hydrogen-bond acceptors (Lipinski definition) is 6. The Kier molecular flexibility index (Phi) is 4.80. The number of hydrogen-bond donors (Lipinski definition) is 2. The maximum atomic E-state index is 11.9. The molecule has 0 bridgehead atoms. The number of carbonyl (C=O) groups excluding carboxylic acids is 2. The zero-order chi connectivity index (χ0) is 14.4. The third kappa shape index (κ3) is 3.62. The van der Waals surface area contributed by atoms with Crippen molar-refractivity contribution in [1.82, 2.24) is 10.3 Å². The Labute approximate surface area is 119 Å². The molecule has 0 aliphatic carbocycles. The van der Waals surface area contributed by atoms with Crippen LogP contribution in [0.2, 0.25) is 0 Å². The third-order valence-corrected chi connectivity index (χ3v) is 3.22. The molecule has 0 saturated heterocycles. The summed E-state index contributed by atoms with van der Waals surface area (Å²) in [4.78, 5) is 28.0. The van der Waals surface area contributed by atoms with E-state index in [2.05, 4.69) is 10.3 Å². The lowest BCUT2D eigenvalue weighted by molar-refractivity contribution is -0.118. The van der Waals surface area contributed by atoms with Gasteiger partial charge >= 0.3 is 0 Å². The van der Waals surface area contributed by atoms with Crippen LogP contribution in [0, 0.1) is 0 Å². The molecule has 0 aliphatic heterocycles. The van der Waals surface area contributed by atoms with E-state index in [1.165, 1.54) is 6.20 Å². The van der Waals surface area contributed by atoms with Crippen molar-refractivity contribution < 1.29 is 14.3 Å². The van der Waals surface area contributed by atoms with Gasteiger partial charge in [0.1, 0.15) is 6.61 Å². The van der Waals surface area contributed by atoms with Gasteiger partial charge in [-0.1, -0.05) is 6.07 Å². The van der Waals surface area contributed by atoms with Crippen LogP contribution in [0.3, 0.4) is 0 Å². The Bertz CT molecular complexity index is 599. The van der Waals surface area contributed by atoms with Crippen molar-refractivity contribution in [3.8, 4) is 5.75 Å². The summed E-state index contributed by atoms with van der Waals surface area (Å²) in [6, 6.07) is 7.13. The topological polar surface area (TPSA) is 94.3 Å². The number of carbonyl (C=O) groups is 2. The summed E-state index contributed by atoms with van der Waals surface area (Å²) in [5, 5.41) is 4.08. The molecule has 104 valence electrons. The lowest BCUT2D eigenvalue weighted by Crippen LogP contribution is -2.36. The third-order valence-electron chi connectivity index (χ3n) is 2.37. The molecule has 0 saturated carbocycles. The molecule has 0 unspecified atom stereocenters. The first kappa shape index (κ1) is 14.2. The van der Waals surface area contributed by atoms with Gasteiger partial charge in [0.25, 0.3) is 5.91 Å². The van der Waals surface area contributed by atoms with Gasteiger partial charge in [-0.25, -0.2) is 4.98 Å². The highest BCUT2D eigenvalue weighted by Crippen LogP contribution is 2.18. The van der Waals surface area contributed by atoms with E-state index in [-0.39, 0.29) is 12.2 Å². The lowest BCUT2D eigenvalue weighted by Gasteiger charge is -2.09. The first-order valence-corrected chi connectivity index (χ1v) is 6.73. The maximum Gasteiger partial charge on any atom is 0.280 e. The maximum absolute atomic E-state index is 11.9. The van der Waals surface area contributed by atoms with Gasteiger partial charge in [-0.2, -0.15) is 0 Å². The summed E-state index contributed by atoms with van der Waals surface area (Å²) in [6.45, 7) is 0.0818. The van der Waals surface area contributed by atoms with Crippen LogP contribution in [-0.4, -0.2) is 23.3 Å². The monoisotopic (exact) mass is 291 g/mol. The van der Waals surface area contributed by atoms with Crippen LogP contribution in [0.1, 0.15) is 15.4 Å². The Morgan fingerprint density at radius 2 is 2.20 bits per heavy atom. The molecule has 0 aromatic carbocycles. The molecule has 0 atom stereocenters. The second-order valence-electron chi connectivity index (χ2n) is 3.80. The highest BCUT2D eigenvalue weighted by Gasteiger charge is 2.16. The first-order valence-electron chi connectivity index (χ1n) is 5.85. The normalized spacial score (nSPS) is 10.1. The van der Waals surface area contributed by atoms with Crippen LogP contribution in [0.15, 0.2) is 35.8 Å². The van der Waals surface area contributed by atoms with E-state index in [0.717, 1.165) is 4.88 Å². The largest absolute Gasteiger partial charge is 0.486 e. The van der Waals surface area contributed by atoms with E-state index >= 15 is 0 Å². The Morgan fingerprint density at radius 3 is 2.90 bits per heavy atom. The minimum Gasteiger partial charge on any atom is -0.486 e. The summed E-state index contributed by atoms with van der Waals surface area (Å²) < 4.78 is 5.56. The highest BCUT2D eigenvalue weighted by atomic mass is 32.1. The molecule has 2 rings (SSSR count). The van der Waals surface area contributed by atoms with Crippen molar-refractivity contribution in [1.29, 1.82) is 0 Å². The summed E-state index contributed by atoms with van der Waals surface area (Å²) in [6.07, 6.45) is 1.46. The van der Waals surface area contributed by atoms with Crippen molar-refractivity contribution in [3.05, 3.63) is 46.4 Å². The van der Waals surface area contributed by atoms with Crippen molar-refractivity contribution in [2.75, 3.05) is 6.54 Å². The second kappa shape index (κ2) is 6.78. The highest BCUT2D eigenvalue weighted by molar-refractivity contribution is 7.09. The fourth-order valence-corrected chi connectivity index (χ4v) is 2.07. The van der Waals surface area contributed by atoms with E-state index in [0.29, 0.717) is 12.4 Å². The van der Waals surface area contributed by atoms with Gasteiger partial charge in [-0.3, -0.25) is 14.9 Å². The number of rotatable bonds is 5. The summed E-state index contributed by atoms with van der Waals surface area (Å²) in [5.41, 5.74) is 5.21. The van der Waals surface area contributed by atoms with E-state index in [1.807, 2.05) is 17.5 Å². The van der Waals surface area contributed by atoms with Crippen LogP contribution in [0.4, 0.5) is 0 Å². The number of aromatic nitrogens is 1. The van der Waals surface area contributed by atoms with Crippen molar-refractivity contribution >= 4 is 23.2 Å². The number of pyridine rings is 1. The first-order chi connectivity index (χ1) is 9.70. The van der Waals surface area contributed by atoms with Crippen LogP contribution >= 0.6 is 11.3 Å².